The number of rotatable bonds is 2. The summed E-state index contributed by atoms with van der Waals surface area (Å²) in [5.41, 5.74) is 4.56. The molecule has 1 nitrogen and oxygen atoms in total. The molecule has 2 aromatic rings. The molecule has 1 atom stereocenters. The highest BCUT2D eigenvalue weighted by molar-refractivity contribution is 5.40. The third-order valence-corrected chi connectivity index (χ3v) is 3.65. The van der Waals surface area contributed by atoms with Crippen LogP contribution in [0.25, 0.3) is 0 Å². The third kappa shape index (κ3) is 2.32. The van der Waals surface area contributed by atoms with Gasteiger partial charge < -0.3 is 5.11 Å². The summed E-state index contributed by atoms with van der Waals surface area (Å²) >= 11 is 0. The first-order valence-electron chi connectivity index (χ1n) is 6.28. The van der Waals surface area contributed by atoms with E-state index in [1.807, 2.05) is 44.2 Å². The molecule has 0 heterocycles. The first kappa shape index (κ1) is 12.8. The van der Waals surface area contributed by atoms with Gasteiger partial charge in [-0.2, -0.15) is 0 Å². The van der Waals surface area contributed by atoms with Crippen molar-refractivity contribution in [2.45, 2.75) is 33.3 Å². The van der Waals surface area contributed by atoms with Gasteiger partial charge in [-0.3, -0.25) is 0 Å². The van der Waals surface area contributed by atoms with Crippen molar-refractivity contribution in [3.63, 3.8) is 0 Å². The molecule has 2 rings (SSSR count). The van der Waals surface area contributed by atoms with Gasteiger partial charge in [-0.05, 0) is 49.9 Å². The molecular formula is C17H20O. The van der Waals surface area contributed by atoms with Crippen LogP contribution in [0.5, 0.6) is 0 Å². The quantitative estimate of drug-likeness (QED) is 0.845. The Hall–Kier alpha value is -1.60. The Kier molecular flexibility index (Phi) is 3.27. The molecule has 0 bridgehead atoms. The lowest BCUT2D eigenvalue weighted by Gasteiger charge is -2.25. The summed E-state index contributed by atoms with van der Waals surface area (Å²) in [4.78, 5) is 0. The molecular weight excluding hydrogens is 220 g/mol. The van der Waals surface area contributed by atoms with Crippen LogP contribution < -0.4 is 0 Å². The predicted molar refractivity (Wildman–Crippen MR) is 75.8 cm³/mol. The van der Waals surface area contributed by atoms with Crippen molar-refractivity contribution in [2.24, 2.45) is 0 Å². The van der Waals surface area contributed by atoms with Crippen molar-refractivity contribution in [1.82, 2.24) is 0 Å². The Morgan fingerprint density at radius 3 is 2.11 bits per heavy atom. The molecule has 18 heavy (non-hydrogen) atoms. The number of hydrogen-bond acceptors (Lipinski definition) is 1. The van der Waals surface area contributed by atoms with E-state index in [2.05, 4.69) is 26.0 Å². The standard InChI is InChI=1S/C17H20O/c1-12-6-5-7-15(10-12)17(4,18)16-9-8-13(2)14(3)11-16/h5-11,18H,1-4H3. The van der Waals surface area contributed by atoms with Gasteiger partial charge in [0.1, 0.15) is 5.60 Å². The summed E-state index contributed by atoms with van der Waals surface area (Å²) in [7, 11) is 0. The minimum Gasteiger partial charge on any atom is -0.381 e. The van der Waals surface area contributed by atoms with Crippen molar-refractivity contribution in [3.8, 4) is 0 Å². The van der Waals surface area contributed by atoms with Crippen LogP contribution in [0.3, 0.4) is 0 Å². The molecule has 0 aliphatic rings. The average Bonchev–Trinajstić information content (AvgIpc) is 2.32. The van der Waals surface area contributed by atoms with Gasteiger partial charge >= 0.3 is 0 Å². The molecule has 0 aliphatic heterocycles. The normalized spacial score (nSPS) is 14.3. The zero-order chi connectivity index (χ0) is 13.3. The van der Waals surface area contributed by atoms with Crippen molar-refractivity contribution < 1.29 is 5.11 Å². The van der Waals surface area contributed by atoms with Gasteiger partial charge in [0.05, 0.1) is 0 Å². The summed E-state index contributed by atoms with van der Waals surface area (Å²) < 4.78 is 0. The van der Waals surface area contributed by atoms with E-state index in [9.17, 15) is 5.11 Å². The summed E-state index contributed by atoms with van der Waals surface area (Å²) in [5, 5.41) is 10.8. The minimum absolute atomic E-state index is 0.936. The van der Waals surface area contributed by atoms with Crippen LogP contribution in [0, 0.1) is 20.8 Å². The zero-order valence-electron chi connectivity index (χ0n) is 11.5. The lowest BCUT2D eigenvalue weighted by molar-refractivity contribution is 0.102. The molecule has 0 radical (unpaired) electrons. The van der Waals surface area contributed by atoms with Gasteiger partial charge in [0.25, 0.3) is 0 Å². The SMILES string of the molecule is Cc1cccc(C(C)(O)c2ccc(C)c(C)c2)c1. The van der Waals surface area contributed by atoms with Gasteiger partial charge in [0, 0.05) is 0 Å². The number of aryl methyl sites for hydroxylation is 3. The van der Waals surface area contributed by atoms with E-state index < -0.39 is 5.60 Å². The molecule has 1 N–H and O–H groups in total. The first-order chi connectivity index (χ1) is 8.41. The summed E-state index contributed by atoms with van der Waals surface area (Å²) in [6, 6.07) is 14.2. The summed E-state index contributed by atoms with van der Waals surface area (Å²) in [5.74, 6) is 0. The molecule has 0 amide bonds. The molecule has 1 heteroatoms. The Balaban J connectivity index is 2.50. The smallest absolute Gasteiger partial charge is 0.112 e. The molecule has 0 spiro atoms. The Bertz CT molecular complexity index is 568. The highest BCUT2D eigenvalue weighted by Crippen LogP contribution is 2.30. The van der Waals surface area contributed by atoms with Gasteiger partial charge in [-0.25, -0.2) is 0 Å². The predicted octanol–water partition coefficient (Wildman–Crippen LogP) is 3.87. The van der Waals surface area contributed by atoms with Crippen LogP contribution in [0.2, 0.25) is 0 Å². The second kappa shape index (κ2) is 4.58. The van der Waals surface area contributed by atoms with E-state index in [1.54, 1.807) is 0 Å². The van der Waals surface area contributed by atoms with Crippen LogP contribution in [-0.4, -0.2) is 5.11 Å². The summed E-state index contributed by atoms with van der Waals surface area (Å²) in [6.07, 6.45) is 0. The maximum absolute atomic E-state index is 10.8. The van der Waals surface area contributed by atoms with E-state index >= 15 is 0 Å². The lowest BCUT2D eigenvalue weighted by Crippen LogP contribution is -2.23. The van der Waals surface area contributed by atoms with E-state index in [0.717, 1.165) is 16.7 Å². The van der Waals surface area contributed by atoms with E-state index in [4.69, 9.17) is 0 Å². The second-order valence-electron chi connectivity index (χ2n) is 5.24. The molecule has 94 valence electrons. The molecule has 0 fully saturated rings. The van der Waals surface area contributed by atoms with E-state index in [1.165, 1.54) is 11.1 Å². The molecule has 0 aromatic heterocycles. The fraction of sp³-hybridized carbons (Fsp3) is 0.294. The fourth-order valence-electron chi connectivity index (χ4n) is 2.16. The number of hydrogen-bond donors (Lipinski definition) is 1. The third-order valence-electron chi connectivity index (χ3n) is 3.65. The first-order valence-corrected chi connectivity index (χ1v) is 6.28. The maximum atomic E-state index is 10.8. The lowest BCUT2D eigenvalue weighted by atomic mass is 9.86. The van der Waals surface area contributed by atoms with Gasteiger partial charge in [0.15, 0.2) is 0 Å². The van der Waals surface area contributed by atoms with Crippen LogP contribution >= 0.6 is 0 Å². The maximum Gasteiger partial charge on any atom is 0.112 e. The van der Waals surface area contributed by atoms with Crippen LogP contribution in [0.15, 0.2) is 42.5 Å². The Labute approximate surface area is 109 Å². The molecule has 0 saturated carbocycles. The van der Waals surface area contributed by atoms with E-state index in [0.29, 0.717) is 0 Å². The molecule has 0 saturated heterocycles. The van der Waals surface area contributed by atoms with Gasteiger partial charge in [-0.1, -0.05) is 48.0 Å². The van der Waals surface area contributed by atoms with E-state index in [-0.39, 0.29) is 0 Å². The van der Waals surface area contributed by atoms with Gasteiger partial charge in [-0.15, -0.1) is 0 Å². The number of aliphatic hydroxyl groups is 1. The highest BCUT2D eigenvalue weighted by Gasteiger charge is 2.25. The molecule has 2 aromatic carbocycles. The van der Waals surface area contributed by atoms with Crippen LogP contribution in [-0.2, 0) is 5.60 Å². The van der Waals surface area contributed by atoms with Crippen molar-refractivity contribution in [1.29, 1.82) is 0 Å². The molecule has 0 aliphatic carbocycles. The largest absolute Gasteiger partial charge is 0.381 e. The minimum atomic E-state index is -0.940. The zero-order valence-corrected chi connectivity index (χ0v) is 11.5. The highest BCUT2D eigenvalue weighted by atomic mass is 16.3. The van der Waals surface area contributed by atoms with Crippen LogP contribution in [0.1, 0.15) is 34.7 Å². The Morgan fingerprint density at radius 2 is 1.50 bits per heavy atom. The van der Waals surface area contributed by atoms with Gasteiger partial charge in [0.2, 0.25) is 0 Å². The average molecular weight is 240 g/mol. The van der Waals surface area contributed by atoms with Crippen molar-refractivity contribution >= 4 is 0 Å². The van der Waals surface area contributed by atoms with Crippen molar-refractivity contribution in [3.05, 3.63) is 70.3 Å². The molecule has 1 unspecified atom stereocenters. The number of benzene rings is 2. The fourth-order valence-corrected chi connectivity index (χ4v) is 2.16. The summed E-state index contributed by atoms with van der Waals surface area (Å²) in [6.45, 7) is 8.05. The van der Waals surface area contributed by atoms with Crippen LogP contribution in [0.4, 0.5) is 0 Å². The Morgan fingerprint density at radius 1 is 0.833 bits per heavy atom. The topological polar surface area (TPSA) is 20.2 Å². The second-order valence-corrected chi connectivity index (χ2v) is 5.24. The van der Waals surface area contributed by atoms with Crippen molar-refractivity contribution in [2.75, 3.05) is 0 Å². The monoisotopic (exact) mass is 240 g/mol.